The van der Waals surface area contributed by atoms with Gasteiger partial charge in [-0.05, 0) is 36.8 Å². The summed E-state index contributed by atoms with van der Waals surface area (Å²) in [6.45, 7) is 1.45. The molecule has 0 amide bonds. The summed E-state index contributed by atoms with van der Waals surface area (Å²) in [5.41, 5.74) is 4.98. The van der Waals surface area contributed by atoms with Gasteiger partial charge in [-0.25, -0.2) is 0 Å². The molecule has 1 aromatic heterocycles. The molecule has 0 fully saturated rings. The number of nitriles is 1. The van der Waals surface area contributed by atoms with E-state index < -0.39 is 17.2 Å². The van der Waals surface area contributed by atoms with Crippen molar-refractivity contribution in [3.8, 4) is 6.07 Å². The molecule has 0 aliphatic heterocycles. The van der Waals surface area contributed by atoms with Crippen LogP contribution >= 0.6 is 12.2 Å². The predicted molar refractivity (Wildman–Crippen MR) is 97.8 cm³/mol. The van der Waals surface area contributed by atoms with Crippen molar-refractivity contribution in [3.05, 3.63) is 59.2 Å². The monoisotopic (exact) mass is 389 g/mol. The summed E-state index contributed by atoms with van der Waals surface area (Å²) in [5.74, 6) is 0. The van der Waals surface area contributed by atoms with Crippen molar-refractivity contribution in [1.82, 2.24) is 15.0 Å². The number of rotatable bonds is 4. The molecule has 27 heavy (non-hydrogen) atoms. The second kappa shape index (κ2) is 6.63. The topological polar surface area (TPSA) is 80.5 Å². The number of alkyl halides is 3. The number of thiocarbonyl (C=S) groups is 1. The first-order chi connectivity index (χ1) is 12.6. The SMILES string of the molecule is CC(C#N)(Cn1nc2ccccc2n1)c1cc(C(F)(F)F)ccc1C(N)=S. The molecule has 1 atom stereocenters. The standard InChI is InChI=1S/C18H14F3N5S/c1-17(9-22,10-26-24-14-4-2-3-5-15(14)25-26)13-8-11(18(19,20)21)6-7-12(13)16(23)27/h2-8H,10H2,1H3,(H2,23,27). The molecule has 1 unspecified atom stereocenters. The van der Waals surface area contributed by atoms with Gasteiger partial charge in [-0.1, -0.05) is 30.4 Å². The molecular weight excluding hydrogens is 375 g/mol. The fourth-order valence-electron chi connectivity index (χ4n) is 2.83. The van der Waals surface area contributed by atoms with Crippen LogP contribution in [-0.4, -0.2) is 20.0 Å². The number of fused-ring (bicyclic) bond motifs is 1. The summed E-state index contributed by atoms with van der Waals surface area (Å²) < 4.78 is 39.5. The third-order valence-corrected chi connectivity index (χ3v) is 4.46. The molecule has 0 aliphatic rings. The van der Waals surface area contributed by atoms with E-state index in [2.05, 4.69) is 16.3 Å². The van der Waals surface area contributed by atoms with Gasteiger partial charge in [0.25, 0.3) is 0 Å². The molecule has 0 saturated carbocycles. The van der Waals surface area contributed by atoms with Gasteiger partial charge in [-0.15, -0.1) is 0 Å². The van der Waals surface area contributed by atoms with Crippen LogP contribution in [0.4, 0.5) is 13.2 Å². The van der Waals surface area contributed by atoms with Crippen LogP contribution in [0.5, 0.6) is 0 Å². The van der Waals surface area contributed by atoms with Gasteiger partial charge in [0, 0.05) is 5.56 Å². The van der Waals surface area contributed by atoms with Gasteiger partial charge in [0.1, 0.15) is 21.4 Å². The minimum absolute atomic E-state index is 0.0604. The Labute approximate surface area is 158 Å². The van der Waals surface area contributed by atoms with Crippen LogP contribution in [0, 0.1) is 11.3 Å². The molecule has 3 rings (SSSR count). The normalized spacial score (nSPS) is 13.9. The van der Waals surface area contributed by atoms with Crippen molar-refractivity contribution < 1.29 is 13.2 Å². The second-order valence-corrected chi connectivity index (χ2v) is 6.73. The lowest BCUT2D eigenvalue weighted by Crippen LogP contribution is -2.31. The van der Waals surface area contributed by atoms with E-state index in [4.69, 9.17) is 18.0 Å². The van der Waals surface area contributed by atoms with Crippen LogP contribution in [0.25, 0.3) is 11.0 Å². The quantitative estimate of drug-likeness (QED) is 0.690. The molecule has 9 heteroatoms. The fraction of sp³-hybridized carbons (Fsp3) is 0.222. The number of nitrogens with two attached hydrogens (primary N) is 1. The maximum absolute atomic E-state index is 13.2. The summed E-state index contributed by atoms with van der Waals surface area (Å²) >= 11 is 4.97. The molecular formula is C18H14F3N5S. The Morgan fingerprint density at radius 1 is 1.19 bits per heavy atom. The molecule has 2 aromatic carbocycles. The summed E-state index contributed by atoms with van der Waals surface area (Å²) in [5, 5.41) is 18.4. The van der Waals surface area contributed by atoms with Gasteiger partial charge < -0.3 is 5.73 Å². The van der Waals surface area contributed by atoms with E-state index in [1.54, 1.807) is 24.3 Å². The van der Waals surface area contributed by atoms with Crippen molar-refractivity contribution in [2.75, 3.05) is 0 Å². The zero-order chi connectivity index (χ0) is 19.8. The Balaban J connectivity index is 2.12. The van der Waals surface area contributed by atoms with Crippen LogP contribution in [0.1, 0.15) is 23.6 Å². The Morgan fingerprint density at radius 3 is 2.26 bits per heavy atom. The van der Waals surface area contributed by atoms with Crippen LogP contribution in [0.3, 0.4) is 0 Å². The highest BCUT2D eigenvalue weighted by atomic mass is 32.1. The third kappa shape index (κ3) is 3.61. The smallest absolute Gasteiger partial charge is 0.389 e. The highest BCUT2D eigenvalue weighted by Gasteiger charge is 2.36. The first-order valence-corrected chi connectivity index (χ1v) is 8.27. The summed E-state index contributed by atoms with van der Waals surface area (Å²) in [7, 11) is 0. The summed E-state index contributed by atoms with van der Waals surface area (Å²) in [4.78, 5) is 1.22. The molecule has 0 radical (unpaired) electrons. The molecule has 138 valence electrons. The summed E-state index contributed by atoms with van der Waals surface area (Å²) in [6, 6.07) is 12.2. The molecule has 0 spiro atoms. The number of hydrogen-bond donors (Lipinski definition) is 1. The molecule has 5 nitrogen and oxygen atoms in total. The fourth-order valence-corrected chi connectivity index (χ4v) is 3.01. The minimum atomic E-state index is -4.56. The van der Waals surface area contributed by atoms with Gasteiger partial charge in [-0.3, -0.25) is 0 Å². The highest BCUT2D eigenvalue weighted by molar-refractivity contribution is 7.80. The van der Waals surface area contributed by atoms with Crippen LogP contribution in [0.2, 0.25) is 0 Å². The van der Waals surface area contributed by atoms with E-state index >= 15 is 0 Å². The first-order valence-electron chi connectivity index (χ1n) is 7.87. The second-order valence-electron chi connectivity index (χ2n) is 6.29. The third-order valence-electron chi connectivity index (χ3n) is 4.24. The van der Waals surface area contributed by atoms with Gasteiger partial charge in [0.15, 0.2) is 0 Å². The van der Waals surface area contributed by atoms with Crippen LogP contribution in [-0.2, 0) is 18.1 Å². The average molecular weight is 389 g/mol. The van der Waals surface area contributed by atoms with E-state index in [-0.39, 0.29) is 22.7 Å². The number of hydrogen-bond acceptors (Lipinski definition) is 4. The van der Waals surface area contributed by atoms with Crippen LogP contribution < -0.4 is 5.73 Å². The van der Waals surface area contributed by atoms with Crippen molar-refractivity contribution in [2.24, 2.45) is 5.73 Å². The highest BCUT2D eigenvalue weighted by Crippen LogP contribution is 2.35. The molecule has 0 bridgehead atoms. The molecule has 0 saturated heterocycles. The number of benzene rings is 2. The molecule has 0 aliphatic carbocycles. The van der Waals surface area contributed by atoms with Gasteiger partial charge in [0.05, 0.1) is 18.2 Å². The van der Waals surface area contributed by atoms with Gasteiger partial charge >= 0.3 is 6.18 Å². The van der Waals surface area contributed by atoms with E-state index in [1.165, 1.54) is 17.8 Å². The van der Waals surface area contributed by atoms with Gasteiger partial charge in [0.2, 0.25) is 0 Å². The van der Waals surface area contributed by atoms with Crippen molar-refractivity contribution >= 4 is 28.2 Å². The average Bonchev–Trinajstić information content (AvgIpc) is 3.02. The van der Waals surface area contributed by atoms with E-state index in [0.29, 0.717) is 11.0 Å². The van der Waals surface area contributed by atoms with E-state index in [9.17, 15) is 18.4 Å². The molecule has 3 aromatic rings. The lowest BCUT2D eigenvalue weighted by atomic mass is 9.80. The minimum Gasteiger partial charge on any atom is -0.389 e. The maximum atomic E-state index is 13.2. The first kappa shape index (κ1) is 18.8. The predicted octanol–water partition coefficient (Wildman–Crippen LogP) is 3.57. The number of aromatic nitrogens is 3. The largest absolute Gasteiger partial charge is 0.416 e. The zero-order valence-corrected chi connectivity index (χ0v) is 15.0. The number of halogens is 3. The van der Waals surface area contributed by atoms with Crippen molar-refractivity contribution in [2.45, 2.75) is 25.1 Å². The Morgan fingerprint density at radius 2 is 1.78 bits per heavy atom. The summed E-state index contributed by atoms with van der Waals surface area (Å²) in [6.07, 6.45) is -4.56. The Hall–Kier alpha value is -2.99. The van der Waals surface area contributed by atoms with Crippen molar-refractivity contribution in [1.29, 1.82) is 5.26 Å². The maximum Gasteiger partial charge on any atom is 0.416 e. The number of nitrogens with zero attached hydrogens (tertiary/aromatic N) is 4. The lowest BCUT2D eigenvalue weighted by molar-refractivity contribution is -0.137. The van der Waals surface area contributed by atoms with Crippen LogP contribution in [0.15, 0.2) is 42.5 Å². The van der Waals surface area contributed by atoms with E-state index in [0.717, 1.165) is 12.1 Å². The lowest BCUT2D eigenvalue weighted by Gasteiger charge is -2.25. The molecule has 2 N–H and O–H groups in total. The van der Waals surface area contributed by atoms with E-state index in [1.807, 2.05) is 0 Å². The Bertz CT molecular complexity index is 1030. The Kier molecular flexibility index (Phi) is 4.61. The molecule has 1 heterocycles. The van der Waals surface area contributed by atoms with Crippen molar-refractivity contribution in [3.63, 3.8) is 0 Å². The zero-order valence-electron chi connectivity index (χ0n) is 14.2. The van der Waals surface area contributed by atoms with Gasteiger partial charge in [-0.2, -0.15) is 33.4 Å².